The fourth-order valence-electron chi connectivity index (χ4n) is 2.17. The summed E-state index contributed by atoms with van der Waals surface area (Å²) in [7, 11) is 0. The molecule has 0 spiro atoms. The number of hydrogen-bond donors (Lipinski definition) is 1. The lowest BCUT2D eigenvalue weighted by atomic mass is 10.2. The minimum atomic E-state index is -0.0442. The highest BCUT2D eigenvalue weighted by Crippen LogP contribution is 2.16. The molecular formula is C15H25N3O2. The molecule has 0 aliphatic rings. The van der Waals surface area contributed by atoms with E-state index in [4.69, 9.17) is 5.11 Å². The Kier molecular flexibility index (Phi) is 7.01. The van der Waals surface area contributed by atoms with Gasteiger partial charge in [-0.1, -0.05) is 6.92 Å². The number of carbonyl (C=O) groups is 1. The Morgan fingerprint density at radius 3 is 2.50 bits per heavy atom. The van der Waals surface area contributed by atoms with Crippen LogP contribution in [0.2, 0.25) is 0 Å². The molecule has 0 saturated heterocycles. The third kappa shape index (κ3) is 4.20. The second kappa shape index (κ2) is 8.53. The van der Waals surface area contributed by atoms with Gasteiger partial charge in [0.1, 0.15) is 5.69 Å². The van der Waals surface area contributed by atoms with Gasteiger partial charge in [-0.3, -0.25) is 9.78 Å². The van der Waals surface area contributed by atoms with E-state index in [1.54, 1.807) is 11.1 Å². The minimum absolute atomic E-state index is 0.0442. The lowest BCUT2D eigenvalue weighted by Crippen LogP contribution is -2.32. The zero-order valence-electron chi connectivity index (χ0n) is 12.7. The van der Waals surface area contributed by atoms with Crippen molar-refractivity contribution in [3.8, 4) is 0 Å². The summed E-state index contributed by atoms with van der Waals surface area (Å²) in [5.41, 5.74) is 1.40. The molecule has 0 aromatic carbocycles. The van der Waals surface area contributed by atoms with Crippen molar-refractivity contribution in [1.82, 2.24) is 9.88 Å². The highest BCUT2D eigenvalue weighted by atomic mass is 16.3. The lowest BCUT2D eigenvalue weighted by Gasteiger charge is -2.24. The number of rotatable bonds is 8. The average Bonchev–Trinajstić information content (AvgIpc) is 2.48. The Labute approximate surface area is 121 Å². The molecule has 1 amide bonds. The van der Waals surface area contributed by atoms with E-state index < -0.39 is 0 Å². The Balaban J connectivity index is 2.96. The van der Waals surface area contributed by atoms with Gasteiger partial charge in [0, 0.05) is 38.1 Å². The molecule has 1 N–H and O–H groups in total. The van der Waals surface area contributed by atoms with Crippen molar-refractivity contribution in [3.63, 3.8) is 0 Å². The summed E-state index contributed by atoms with van der Waals surface area (Å²) < 4.78 is 0. The Bertz CT molecular complexity index is 413. The summed E-state index contributed by atoms with van der Waals surface area (Å²) in [5, 5.41) is 9.13. The number of aromatic nitrogens is 1. The van der Waals surface area contributed by atoms with Crippen LogP contribution in [0.1, 0.15) is 37.7 Å². The molecule has 5 nitrogen and oxygen atoms in total. The predicted octanol–water partition coefficient (Wildman–Crippen LogP) is 1.77. The van der Waals surface area contributed by atoms with E-state index in [2.05, 4.69) is 16.8 Å². The van der Waals surface area contributed by atoms with Crippen molar-refractivity contribution in [1.29, 1.82) is 0 Å². The quantitative estimate of drug-likeness (QED) is 0.788. The third-order valence-corrected chi connectivity index (χ3v) is 3.24. The predicted molar refractivity (Wildman–Crippen MR) is 81.1 cm³/mol. The zero-order chi connectivity index (χ0) is 15.0. The van der Waals surface area contributed by atoms with E-state index in [0.29, 0.717) is 25.3 Å². The van der Waals surface area contributed by atoms with Crippen molar-refractivity contribution in [3.05, 3.63) is 24.0 Å². The average molecular weight is 279 g/mol. The van der Waals surface area contributed by atoms with E-state index in [1.165, 1.54) is 0 Å². The van der Waals surface area contributed by atoms with Gasteiger partial charge in [0.15, 0.2) is 0 Å². The van der Waals surface area contributed by atoms with Gasteiger partial charge in [-0.2, -0.15) is 0 Å². The van der Waals surface area contributed by atoms with Crippen LogP contribution in [0, 0.1) is 0 Å². The number of pyridine rings is 1. The van der Waals surface area contributed by atoms with Crippen LogP contribution in [0.3, 0.4) is 0 Å². The number of carbonyl (C=O) groups excluding carboxylic acids is 1. The summed E-state index contributed by atoms with van der Waals surface area (Å²) in [5.74, 6) is -0.0442. The zero-order valence-corrected chi connectivity index (χ0v) is 12.7. The number of aliphatic hydroxyl groups excluding tert-OH is 1. The fourth-order valence-corrected chi connectivity index (χ4v) is 2.17. The molecule has 0 aliphatic heterocycles. The molecule has 0 radical (unpaired) electrons. The molecule has 112 valence electrons. The minimum Gasteiger partial charge on any atom is -0.395 e. The maximum Gasteiger partial charge on any atom is 0.272 e. The first kappa shape index (κ1) is 16.4. The van der Waals surface area contributed by atoms with Gasteiger partial charge in [0.05, 0.1) is 6.61 Å². The summed E-state index contributed by atoms with van der Waals surface area (Å²) in [6.45, 7) is 8.88. The maximum absolute atomic E-state index is 12.3. The monoisotopic (exact) mass is 279 g/mol. The molecular weight excluding hydrogens is 254 g/mol. The van der Waals surface area contributed by atoms with Crippen molar-refractivity contribution in [2.45, 2.75) is 27.2 Å². The number of anilines is 1. The Morgan fingerprint density at radius 1 is 1.25 bits per heavy atom. The smallest absolute Gasteiger partial charge is 0.272 e. The third-order valence-electron chi connectivity index (χ3n) is 3.24. The SMILES string of the molecule is CCCN(CCO)c1ccnc(C(=O)N(CC)CC)c1. The molecule has 1 heterocycles. The van der Waals surface area contributed by atoms with E-state index in [1.807, 2.05) is 26.0 Å². The topological polar surface area (TPSA) is 56.7 Å². The Hall–Kier alpha value is -1.62. The van der Waals surface area contributed by atoms with Crippen molar-refractivity contribution in [2.75, 3.05) is 37.7 Å². The van der Waals surface area contributed by atoms with Crippen LogP contribution in [0.25, 0.3) is 0 Å². The molecule has 0 atom stereocenters. The van der Waals surface area contributed by atoms with Crippen LogP contribution in [0.5, 0.6) is 0 Å². The number of nitrogens with zero attached hydrogens (tertiary/aromatic N) is 3. The summed E-state index contributed by atoms with van der Waals surface area (Å²) in [4.78, 5) is 20.3. The number of hydrogen-bond acceptors (Lipinski definition) is 4. The van der Waals surface area contributed by atoms with E-state index in [0.717, 1.165) is 18.7 Å². The van der Waals surface area contributed by atoms with Crippen LogP contribution >= 0.6 is 0 Å². The molecule has 1 rings (SSSR count). The fraction of sp³-hybridized carbons (Fsp3) is 0.600. The Morgan fingerprint density at radius 2 is 1.95 bits per heavy atom. The second-order valence-corrected chi connectivity index (χ2v) is 4.59. The molecule has 0 unspecified atom stereocenters. The van der Waals surface area contributed by atoms with E-state index in [9.17, 15) is 4.79 Å². The lowest BCUT2D eigenvalue weighted by molar-refractivity contribution is 0.0767. The number of amides is 1. The molecule has 0 aliphatic carbocycles. The number of aliphatic hydroxyl groups is 1. The van der Waals surface area contributed by atoms with Crippen LogP contribution in [-0.4, -0.2) is 53.7 Å². The molecule has 0 fully saturated rings. The van der Waals surface area contributed by atoms with Gasteiger partial charge in [-0.05, 0) is 32.4 Å². The first-order valence-electron chi connectivity index (χ1n) is 7.28. The summed E-state index contributed by atoms with van der Waals surface area (Å²) in [6, 6.07) is 3.69. The van der Waals surface area contributed by atoms with Crippen LogP contribution in [-0.2, 0) is 0 Å². The summed E-state index contributed by atoms with van der Waals surface area (Å²) >= 11 is 0. The van der Waals surface area contributed by atoms with Crippen LogP contribution in [0.15, 0.2) is 18.3 Å². The van der Waals surface area contributed by atoms with E-state index in [-0.39, 0.29) is 12.5 Å². The van der Waals surface area contributed by atoms with Crippen LogP contribution < -0.4 is 4.90 Å². The van der Waals surface area contributed by atoms with Gasteiger partial charge in [-0.25, -0.2) is 0 Å². The molecule has 1 aromatic rings. The van der Waals surface area contributed by atoms with Gasteiger partial charge in [-0.15, -0.1) is 0 Å². The van der Waals surface area contributed by atoms with Crippen molar-refractivity contribution < 1.29 is 9.90 Å². The van der Waals surface area contributed by atoms with Gasteiger partial charge >= 0.3 is 0 Å². The largest absolute Gasteiger partial charge is 0.395 e. The van der Waals surface area contributed by atoms with Gasteiger partial charge in [0.2, 0.25) is 0 Å². The van der Waals surface area contributed by atoms with Gasteiger partial charge < -0.3 is 14.9 Å². The molecule has 1 aromatic heterocycles. The second-order valence-electron chi connectivity index (χ2n) is 4.59. The first-order chi connectivity index (χ1) is 9.67. The first-order valence-corrected chi connectivity index (χ1v) is 7.28. The van der Waals surface area contributed by atoms with Crippen LogP contribution in [0.4, 0.5) is 5.69 Å². The molecule has 0 bridgehead atoms. The maximum atomic E-state index is 12.3. The molecule has 5 heteroatoms. The standard InChI is InChI=1S/C15H25N3O2/c1-4-9-18(10-11-19)13-7-8-16-14(12-13)15(20)17(5-2)6-3/h7-8,12,19H,4-6,9-11H2,1-3H3. The summed E-state index contributed by atoms with van der Waals surface area (Å²) in [6.07, 6.45) is 2.65. The van der Waals surface area contributed by atoms with Gasteiger partial charge in [0.25, 0.3) is 5.91 Å². The van der Waals surface area contributed by atoms with E-state index >= 15 is 0 Å². The molecule has 20 heavy (non-hydrogen) atoms. The highest BCUT2D eigenvalue weighted by molar-refractivity contribution is 5.93. The normalized spacial score (nSPS) is 10.4. The highest BCUT2D eigenvalue weighted by Gasteiger charge is 2.15. The molecule has 0 saturated carbocycles. The van der Waals surface area contributed by atoms with Crippen molar-refractivity contribution in [2.24, 2.45) is 0 Å². The van der Waals surface area contributed by atoms with Crippen molar-refractivity contribution >= 4 is 11.6 Å².